The summed E-state index contributed by atoms with van der Waals surface area (Å²) < 4.78 is 5.38. The van der Waals surface area contributed by atoms with Crippen molar-refractivity contribution in [2.24, 2.45) is 5.92 Å². The monoisotopic (exact) mass is 228 g/mol. The van der Waals surface area contributed by atoms with Crippen LogP contribution in [0.3, 0.4) is 0 Å². The van der Waals surface area contributed by atoms with E-state index in [4.69, 9.17) is 4.74 Å². The molecule has 0 bridgehead atoms. The van der Waals surface area contributed by atoms with Crippen molar-refractivity contribution in [3.63, 3.8) is 0 Å². The summed E-state index contributed by atoms with van der Waals surface area (Å²) in [5.74, 6) is 0.738. The Morgan fingerprint density at radius 3 is 2.44 bits per heavy atom. The Labute approximate surface area is 101 Å². The molecular weight excluding hydrogens is 200 g/mol. The Morgan fingerprint density at radius 2 is 2.00 bits per heavy atom. The lowest BCUT2D eigenvalue weighted by Gasteiger charge is -2.30. The van der Waals surface area contributed by atoms with Crippen LogP contribution in [0.5, 0.6) is 0 Å². The number of hydrogen-bond acceptors (Lipinski definition) is 3. The van der Waals surface area contributed by atoms with Gasteiger partial charge < -0.3 is 10.1 Å². The van der Waals surface area contributed by atoms with Gasteiger partial charge in [0.2, 0.25) is 0 Å². The van der Waals surface area contributed by atoms with Gasteiger partial charge in [0, 0.05) is 38.8 Å². The van der Waals surface area contributed by atoms with E-state index in [2.05, 4.69) is 37.9 Å². The molecule has 1 heterocycles. The summed E-state index contributed by atoms with van der Waals surface area (Å²) in [5.41, 5.74) is 0. The molecule has 0 aromatic rings. The summed E-state index contributed by atoms with van der Waals surface area (Å²) in [5, 5.41) is 3.55. The van der Waals surface area contributed by atoms with Crippen molar-refractivity contribution >= 4 is 0 Å². The zero-order valence-corrected chi connectivity index (χ0v) is 11.5. The number of hydrogen-bond donors (Lipinski definition) is 1. The van der Waals surface area contributed by atoms with Crippen molar-refractivity contribution in [3.8, 4) is 0 Å². The van der Waals surface area contributed by atoms with Gasteiger partial charge in [-0.2, -0.15) is 0 Å². The predicted molar refractivity (Wildman–Crippen MR) is 68.8 cm³/mol. The fourth-order valence-electron chi connectivity index (χ4n) is 2.35. The molecule has 1 N–H and O–H groups in total. The van der Waals surface area contributed by atoms with E-state index >= 15 is 0 Å². The normalized spacial score (nSPS) is 26.2. The predicted octanol–water partition coefficient (Wildman–Crippen LogP) is 1.73. The zero-order valence-electron chi connectivity index (χ0n) is 11.5. The lowest BCUT2D eigenvalue weighted by Crippen LogP contribution is -2.42. The highest BCUT2D eigenvalue weighted by atomic mass is 16.5. The number of methoxy groups -OCH3 is 1. The molecule has 16 heavy (non-hydrogen) atoms. The Balaban J connectivity index is 2.37. The first-order valence-corrected chi connectivity index (χ1v) is 6.53. The average molecular weight is 228 g/mol. The van der Waals surface area contributed by atoms with Gasteiger partial charge in [0.1, 0.15) is 0 Å². The molecule has 3 heteroatoms. The van der Waals surface area contributed by atoms with E-state index in [0.717, 1.165) is 25.4 Å². The molecule has 0 aliphatic carbocycles. The maximum atomic E-state index is 5.38. The van der Waals surface area contributed by atoms with Gasteiger partial charge in [-0.1, -0.05) is 13.8 Å². The number of rotatable bonds is 6. The third-order valence-electron chi connectivity index (χ3n) is 3.30. The molecule has 2 unspecified atom stereocenters. The van der Waals surface area contributed by atoms with Gasteiger partial charge in [0.25, 0.3) is 0 Å². The van der Waals surface area contributed by atoms with Gasteiger partial charge in [-0.3, -0.25) is 4.90 Å². The molecule has 0 aromatic heterocycles. The second-order valence-corrected chi connectivity index (χ2v) is 5.64. The van der Waals surface area contributed by atoms with Crippen molar-refractivity contribution in [2.45, 2.75) is 52.3 Å². The average Bonchev–Trinajstić information content (AvgIpc) is 2.63. The molecular formula is C13H28N2O. The quantitative estimate of drug-likeness (QED) is 0.749. The maximum Gasteiger partial charge on any atom is 0.0711 e. The van der Waals surface area contributed by atoms with Gasteiger partial charge in [-0.15, -0.1) is 0 Å². The summed E-state index contributed by atoms with van der Waals surface area (Å²) in [7, 11) is 1.81. The third kappa shape index (κ3) is 4.40. The standard InChI is InChI=1S/C13H28N2O/c1-10(2)8-15(11(3)4)9-12-6-13(16-5)7-14-12/h10-14H,6-9H2,1-5H3. The summed E-state index contributed by atoms with van der Waals surface area (Å²) in [6, 6.07) is 1.23. The second kappa shape index (κ2) is 6.58. The highest BCUT2D eigenvalue weighted by Gasteiger charge is 2.26. The van der Waals surface area contributed by atoms with Crippen molar-refractivity contribution < 1.29 is 4.74 Å². The van der Waals surface area contributed by atoms with E-state index in [9.17, 15) is 0 Å². The van der Waals surface area contributed by atoms with Crippen molar-refractivity contribution in [2.75, 3.05) is 26.7 Å². The maximum absolute atomic E-state index is 5.38. The van der Waals surface area contributed by atoms with E-state index in [0.29, 0.717) is 18.2 Å². The molecule has 1 fully saturated rings. The van der Waals surface area contributed by atoms with E-state index in [1.165, 1.54) is 6.54 Å². The molecule has 0 aromatic carbocycles. The van der Waals surface area contributed by atoms with Crippen LogP contribution in [-0.4, -0.2) is 49.8 Å². The van der Waals surface area contributed by atoms with Crippen LogP contribution in [0.15, 0.2) is 0 Å². The van der Waals surface area contributed by atoms with Crippen molar-refractivity contribution in [3.05, 3.63) is 0 Å². The minimum absolute atomic E-state index is 0.415. The summed E-state index contributed by atoms with van der Waals surface area (Å²) in [6.45, 7) is 12.5. The van der Waals surface area contributed by atoms with Crippen LogP contribution < -0.4 is 5.32 Å². The van der Waals surface area contributed by atoms with Crippen LogP contribution in [0, 0.1) is 5.92 Å². The molecule has 0 amide bonds. The first-order valence-electron chi connectivity index (χ1n) is 6.53. The summed E-state index contributed by atoms with van der Waals surface area (Å²) >= 11 is 0. The van der Waals surface area contributed by atoms with Gasteiger partial charge in [-0.05, 0) is 26.2 Å². The number of nitrogens with zero attached hydrogens (tertiary/aromatic N) is 1. The smallest absolute Gasteiger partial charge is 0.0711 e. The minimum atomic E-state index is 0.415. The topological polar surface area (TPSA) is 24.5 Å². The second-order valence-electron chi connectivity index (χ2n) is 5.64. The summed E-state index contributed by atoms with van der Waals surface area (Å²) in [6.07, 6.45) is 1.57. The fourth-order valence-corrected chi connectivity index (χ4v) is 2.35. The van der Waals surface area contributed by atoms with E-state index in [-0.39, 0.29) is 0 Å². The molecule has 0 spiro atoms. The largest absolute Gasteiger partial charge is 0.380 e. The van der Waals surface area contributed by atoms with Crippen LogP contribution in [0.1, 0.15) is 34.1 Å². The first-order chi connectivity index (χ1) is 7.52. The SMILES string of the molecule is COC1CNC(CN(CC(C)C)C(C)C)C1. The minimum Gasteiger partial charge on any atom is -0.380 e. The molecule has 0 saturated carbocycles. The Hall–Kier alpha value is -0.120. The Morgan fingerprint density at radius 1 is 1.31 bits per heavy atom. The Bertz CT molecular complexity index is 194. The molecule has 3 nitrogen and oxygen atoms in total. The van der Waals surface area contributed by atoms with Gasteiger partial charge >= 0.3 is 0 Å². The first kappa shape index (κ1) is 13.9. The van der Waals surface area contributed by atoms with E-state index < -0.39 is 0 Å². The molecule has 0 radical (unpaired) electrons. The molecule has 96 valence electrons. The molecule has 1 saturated heterocycles. The van der Waals surface area contributed by atoms with Crippen LogP contribution in [0.25, 0.3) is 0 Å². The Kier molecular flexibility index (Phi) is 5.73. The zero-order chi connectivity index (χ0) is 12.1. The molecule has 2 atom stereocenters. The van der Waals surface area contributed by atoms with Crippen LogP contribution in [-0.2, 0) is 4.74 Å². The molecule has 1 rings (SSSR count). The highest BCUT2D eigenvalue weighted by molar-refractivity contribution is 4.85. The van der Waals surface area contributed by atoms with Crippen LogP contribution in [0.4, 0.5) is 0 Å². The van der Waals surface area contributed by atoms with Crippen LogP contribution >= 0.6 is 0 Å². The lowest BCUT2D eigenvalue weighted by molar-refractivity contribution is 0.113. The fraction of sp³-hybridized carbons (Fsp3) is 1.00. The lowest BCUT2D eigenvalue weighted by atomic mass is 10.1. The highest BCUT2D eigenvalue weighted by Crippen LogP contribution is 2.13. The van der Waals surface area contributed by atoms with E-state index in [1.54, 1.807) is 0 Å². The number of ether oxygens (including phenoxy) is 1. The van der Waals surface area contributed by atoms with Gasteiger partial charge in [0.15, 0.2) is 0 Å². The van der Waals surface area contributed by atoms with Crippen LogP contribution in [0.2, 0.25) is 0 Å². The summed E-state index contributed by atoms with van der Waals surface area (Å²) in [4.78, 5) is 2.57. The van der Waals surface area contributed by atoms with Crippen molar-refractivity contribution in [1.82, 2.24) is 10.2 Å². The van der Waals surface area contributed by atoms with Gasteiger partial charge in [-0.25, -0.2) is 0 Å². The van der Waals surface area contributed by atoms with E-state index in [1.807, 2.05) is 7.11 Å². The number of nitrogens with one attached hydrogen (secondary N) is 1. The molecule has 1 aliphatic rings. The van der Waals surface area contributed by atoms with Gasteiger partial charge in [0.05, 0.1) is 6.10 Å². The third-order valence-corrected chi connectivity index (χ3v) is 3.30. The molecule has 1 aliphatic heterocycles. The van der Waals surface area contributed by atoms with Crippen molar-refractivity contribution in [1.29, 1.82) is 0 Å².